The number of nitrogens with zero attached hydrogens (tertiary/aromatic N) is 1. The normalized spacial score (nSPS) is 27.0. The Balaban J connectivity index is 2.14. The predicted octanol–water partition coefficient (Wildman–Crippen LogP) is 4.48. The Bertz CT molecular complexity index is 479. The zero-order valence-electron chi connectivity index (χ0n) is 11.2. The first kappa shape index (κ1) is 14.1. The first-order valence-electron chi connectivity index (χ1n) is 6.68. The van der Waals surface area contributed by atoms with Gasteiger partial charge in [-0.1, -0.05) is 25.4 Å². The van der Waals surface area contributed by atoms with Gasteiger partial charge in [-0.05, 0) is 37.2 Å². The van der Waals surface area contributed by atoms with E-state index in [1.165, 1.54) is 25.0 Å². The quantitative estimate of drug-likeness (QED) is 0.657. The Morgan fingerprint density at radius 2 is 2.11 bits per heavy atom. The summed E-state index contributed by atoms with van der Waals surface area (Å²) in [6.45, 7) is 4.49. The molecule has 1 aromatic carbocycles. The van der Waals surface area contributed by atoms with E-state index in [4.69, 9.17) is 11.6 Å². The molecule has 1 aliphatic carbocycles. The van der Waals surface area contributed by atoms with Gasteiger partial charge in [-0.15, -0.1) is 0 Å². The number of nitrogens with one attached hydrogen (secondary N) is 1. The minimum atomic E-state index is -0.395. The number of benzene rings is 1. The lowest BCUT2D eigenvalue weighted by Crippen LogP contribution is -2.33. The molecule has 19 heavy (non-hydrogen) atoms. The van der Waals surface area contributed by atoms with Crippen LogP contribution >= 0.6 is 11.6 Å². The number of non-ortho nitro benzene ring substituents is 1. The summed E-state index contributed by atoms with van der Waals surface area (Å²) in [5.41, 5.74) is 0.742. The molecule has 1 fully saturated rings. The molecule has 1 aliphatic rings. The van der Waals surface area contributed by atoms with Crippen molar-refractivity contribution in [3.05, 3.63) is 33.3 Å². The number of hydrogen-bond acceptors (Lipinski definition) is 3. The zero-order valence-corrected chi connectivity index (χ0v) is 12.0. The zero-order chi connectivity index (χ0) is 14.0. The lowest BCUT2D eigenvalue weighted by Gasteiger charge is -2.34. The van der Waals surface area contributed by atoms with E-state index in [1.54, 1.807) is 6.07 Å². The SMILES string of the molecule is CC1CCC(Nc2cc([N+](=O)[O-])ccc2Cl)C(C)C1. The van der Waals surface area contributed by atoms with E-state index in [2.05, 4.69) is 19.2 Å². The number of nitro benzene ring substituents is 1. The molecule has 4 nitrogen and oxygen atoms in total. The lowest BCUT2D eigenvalue weighted by atomic mass is 9.80. The summed E-state index contributed by atoms with van der Waals surface area (Å²) in [5, 5.41) is 14.7. The van der Waals surface area contributed by atoms with E-state index in [9.17, 15) is 10.1 Å². The van der Waals surface area contributed by atoms with Crippen LogP contribution in [0.2, 0.25) is 5.02 Å². The highest BCUT2D eigenvalue weighted by atomic mass is 35.5. The van der Waals surface area contributed by atoms with Gasteiger partial charge in [0.25, 0.3) is 5.69 Å². The molecule has 0 spiro atoms. The Hall–Kier alpha value is -1.29. The molecule has 0 saturated heterocycles. The van der Waals surface area contributed by atoms with Crippen molar-refractivity contribution in [2.45, 2.75) is 39.2 Å². The van der Waals surface area contributed by atoms with Crippen LogP contribution in [-0.2, 0) is 0 Å². The molecule has 0 radical (unpaired) electrons. The smallest absolute Gasteiger partial charge is 0.271 e. The third-order valence-electron chi connectivity index (χ3n) is 3.93. The maximum absolute atomic E-state index is 10.8. The Morgan fingerprint density at radius 1 is 1.37 bits per heavy atom. The van der Waals surface area contributed by atoms with Crippen molar-refractivity contribution in [2.24, 2.45) is 11.8 Å². The van der Waals surface area contributed by atoms with Crippen LogP contribution in [0.3, 0.4) is 0 Å². The van der Waals surface area contributed by atoms with Gasteiger partial charge in [-0.2, -0.15) is 0 Å². The lowest BCUT2D eigenvalue weighted by molar-refractivity contribution is -0.384. The van der Waals surface area contributed by atoms with Crippen LogP contribution in [0.5, 0.6) is 0 Å². The summed E-state index contributed by atoms with van der Waals surface area (Å²) < 4.78 is 0. The van der Waals surface area contributed by atoms with Gasteiger partial charge in [-0.25, -0.2) is 0 Å². The monoisotopic (exact) mass is 282 g/mol. The van der Waals surface area contributed by atoms with Gasteiger partial charge in [0.15, 0.2) is 0 Å². The highest BCUT2D eigenvalue weighted by Gasteiger charge is 2.26. The molecule has 1 N–H and O–H groups in total. The molecule has 3 unspecified atom stereocenters. The molecular weight excluding hydrogens is 264 g/mol. The van der Waals surface area contributed by atoms with E-state index in [0.717, 1.165) is 12.3 Å². The summed E-state index contributed by atoms with van der Waals surface area (Å²) >= 11 is 6.11. The highest BCUT2D eigenvalue weighted by Crippen LogP contribution is 2.33. The van der Waals surface area contributed by atoms with Gasteiger partial charge in [0.2, 0.25) is 0 Å². The van der Waals surface area contributed by atoms with Crippen LogP contribution in [0.1, 0.15) is 33.1 Å². The fraction of sp³-hybridized carbons (Fsp3) is 0.571. The minimum Gasteiger partial charge on any atom is -0.381 e. The molecule has 0 bridgehead atoms. The van der Waals surface area contributed by atoms with Crippen molar-refractivity contribution < 1.29 is 4.92 Å². The third kappa shape index (κ3) is 3.38. The van der Waals surface area contributed by atoms with E-state index in [1.807, 2.05) is 0 Å². The van der Waals surface area contributed by atoms with Gasteiger partial charge in [0, 0.05) is 18.2 Å². The fourth-order valence-corrected chi connectivity index (χ4v) is 2.99. The van der Waals surface area contributed by atoms with E-state index in [-0.39, 0.29) is 5.69 Å². The Kier molecular flexibility index (Phi) is 4.30. The molecule has 1 saturated carbocycles. The van der Waals surface area contributed by atoms with Crippen molar-refractivity contribution in [1.82, 2.24) is 0 Å². The molecule has 104 valence electrons. The van der Waals surface area contributed by atoms with E-state index < -0.39 is 4.92 Å². The average Bonchev–Trinajstić information content (AvgIpc) is 2.34. The standard InChI is InChI=1S/C14H19ClN2O2/c1-9-3-6-13(10(2)7-9)16-14-8-11(17(18)19)4-5-12(14)15/h4-5,8-10,13,16H,3,6-7H2,1-2H3. The summed E-state index contributed by atoms with van der Waals surface area (Å²) in [6, 6.07) is 4.88. The van der Waals surface area contributed by atoms with E-state index >= 15 is 0 Å². The molecule has 3 atom stereocenters. The van der Waals surface area contributed by atoms with Crippen LogP contribution in [-0.4, -0.2) is 11.0 Å². The molecule has 5 heteroatoms. The first-order valence-corrected chi connectivity index (χ1v) is 7.05. The van der Waals surface area contributed by atoms with Crippen LogP contribution in [0.25, 0.3) is 0 Å². The summed E-state index contributed by atoms with van der Waals surface area (Å²) in [6.07, 6.45) is 3.46. The van der Waals surface area contributed by atoms with Crippen LogP contribution in [0, 0.1) is 22.0 Å². The minimum absolute atomic E-state index is 0.0729. The van der Waals surface area contributed by atoms with Gasteiger partial charge in [-0.3, -0.25) is 10.1 Å². The second kappa shape index (κ2) is 5.78. The number of hydrogen-bond donors (Lipinski definition) is 1. The van der Waals surface area contributed by atoms with Crippen molar-refractivity contribution in [3.8, 4) is 0 Å². The van der Waals surface area contributed by atoms with Crippen molar-refractivity contribution in [3.63, 3.8) is 0 Å². The molecule has 0 amide bonds. The van der Waals surface area contributed by atoms with Crippen molar-refractivity contribution in [2.75, 3.05) is 5.32 Å². The molecule has 0 aliphatic heterocycles. The fourth-order valence-electron chi connectivity index (χ4n) is 2.82. The molecule has 1 aromatic rings. The van der Waals surface area contributed by atoms with Crippen LogP contribution < -0.4 is 5.32 Å². The average molecular weight is 283 g/mol. The highest BCUT2D eigenvalue weighted by molar-refractivity contribution is 6.33. The first-order chi connectivity index (χ1) is 8.97. The number of anilines is 1. The molecular formula is C14H19ClN2O2. The summed E-state index contributed by atoms with van der Waals surface area (Å²) in [5.74, 6) is 1.31. The largest absolute Gasteiger partial charge is 0.381 e. The topological polar surface area (TPSA) is 55.2 Å². The second-order valence-corrected chi connectivity index (χ2v) is 5.97. The van der Waals surface area contributed by atoms with Gasteiger partial charge in [0.05, 0.1) is 15.6 Å². The van der Waals surface area contributed by atoms with Crippen LogP contribution in [0.4, 0.5) is 11.4 Å². The predicted molar refractivity (Wildman–Crippen MR) is 77.7 cm³/mol. The van der Waals surface area contributed by atoms with Gasteiger partial charge in [0.1, 0.15) is 0 Å². The van der Waals surface area contributed by atoms with E-state index in [0.29, 0.717) is 22.7 Å². The third-order valence-corrected chi connectivity index (χ3v) is 4.26. The Morgan fingerprint density at radius 3 is 2.74 bits per heavy atom. The van der Waals surface area contributed by atoms with Crippen molar-refractivity contribution in [1.29, 1.82) is 0 Å². The Labute approximate surface area is 118 Å². The number of rotatable bonds is 3. The van der Waals surface area contributed by atoms with Crippen molar-refractivity contribution >= 4 is 23.0 Å². The summed E-state index contributed by atoms with van der Waals surface area (Å²) in [7, 11) is 0. The molecule has 0 aromatic heterocycles. The maximum Gasteiger partial charge on any atom is 0.271 e. The molecule has 0 heterocycles. The number of nitro groups is 1. The number of halogens is 1. The second-order valence-electron chi connectivity index (χ2n) is 5.57. The van der Waals surface area contributed by atoms with Gasteiger partial charge < -0.3 is 5.32 Å². The van der Waals surface area contributed by atoms with Gasteiger partial charge >= 0.3 is 0 Å². The summed E-state index contributed by atoms with van der Waals surface area (Å²) in [4.78, 5) is 10.4. The molecule has 2 rings (SSSR count). The van der Waals surface area contributed by atoms with Crippen LogP contribution in [0.15, 0.2) is 18.2 Å². The maximum atomic E-state index is 10.8.